The van der Waals surface area contributed by atoms with Crippen molar-refractivity contribution in [3.8, 4) is 0 Å². The maximum Gasteiger partial charge on any atom is 0.0780 e. The van der Waals surface area contributed by atoms with E-state index in [2.05, 4.69) is 6.92 Å². The Hall–Kier alpha value is -0.500. The maximum absolute atomic E-state index is 8.64. The van der Waals surface area contributed by atoms with Crippen LogP contribution in [0, 0.1) is 5.92 Å². The normalized spacial score (nSPS) is 14.8. The van der Waals surface area contributed by atoms with Crippen LogP contribution in [0.5, 0.6) is 0 Å². The molecule has 0 rings (SSSR count). The van der Waals surface area contributed by atoms with E-state index < -0.39 is 0 Å². The predicted octanol–water partition coefficient (Wildman–Crippen LogP) is 2.64. The number of aliphatic hydroxyl groups excluding tert-OH is 2. The van der Waals surface area contributed by atoms with E-state index in [-0.39, 0.29) is 6.61 Å². The fourth-order valence-electron chi connectivity index (χ4n) is 1.16. The molecule has 72 valence electrons. The average Bonchev–Trinajstić information content (AvgIpc) is 2.04. The summed E-state index contributed by atoms with van der Waals surface area (Å²) in [6.07, 6.45) is 5.26. The van der Waals surface area contributed by atoms with Crippen molar-refractivity contribution >= 4 is 0 Å². The van der Waals surface area contributed by atoms with Gasteiger partial charge in [-0.3, -0.25) is 0 Å². The first kappa shape index (κ1) is 11.5. The van der Waals surface area contributed by atoms with Crippen LogP contribution in [0.4, 0.5) is 0 Å². The fourth-order valence-corrected chi connectivity index (χ4v) is 1.16. The molecule has 0 aromatic heterocycles. The molecule has 0 bridgehead atoms. The molecule has 0 aliphatic heterocycles. The van der Waals surface area contributed by atoms with Gasteiger partial charge in [-0.05, 0) is 37.7 Å². The molecule has 0 spiro atoms. The van der Waals surface area contributed by atoms with E-state index in [0.717, 1.165) is 31.3 Å². The smallest absolute Gasteiger partial charge is 0.0780 e. The number of rotatable bonds is 6. The highest BCUT2D eigenvalue weighted by atomic mass is 16.3. The van der Waals surface area contributed by atoms with Gasteiger partial charge in [0, 0.05) is 6.61 Å². The average molecular weight is 172 g/mol. The van der Waals surface area contributed by atoms with Gasteiger partial charge in [0.25, 0.3) is 0 Å². The molecule has 0 saturated carbocycles. The quantitative estimate of drug-likeness (QED) is 0.605. The van der Waals surface area contributed by atoms with Crippen LogP contribution in [0.1, 0.15) is 39.5 Å². The first-order valence-corrected chi connectivity index (χ1v) is 4.61. The van der Waals surface area contributed by atoms with Crippen molar-refractivity contribution in [3.63, 3.8) is 0 Å². The Balaban J connectivity index is 3.30. The SMILES string of the molecule is CC(=CO)CCCC(C)CCO. The first-order chi connectivity index (χ1) is 5.70. The van der Waals surface area contributed by atoms with Gasteiger partial charge in [-0.25, -0.2) is 0 Å². The minimum Gasteiger partial charge on any atom is -0.516 e. The molecule has 0 saturated heterocycles. The molecule has 0 aromatic carbocycles. The van der Waals surface area contributed by atoms with Gasteiger partial charge in [-0.2, -0.15) is 0 Å². The summed E-state index contributed by atoms with van der Waals surface area (Å²) in [5.74, 6) is 0.599. The molecule has 0 radical (unpaired) electrons. The summed E-state index contributed by atoms with van der Waals surface area (Å²) in [7, 11) is 0. The largest absolute Gasteiger partial charge is 0.516 e. The molecule has 0 aromatic rings. The van der Waals surface area contributed by atoms with E-state index in [1.807, 2.05) is 6.92 Å². The van der Waals surface area contributed by atoms with Gasteiger partial charge in [0.05, 0.1) is 6.26 Å². The molecule has 1 unspecified atom stereocenters. The number of allylic oxidation sites excluding steroid dienone is 1. The second-order valence-corrected chi connectivity index (χ2v) is 3.49. The zero-order valence-corrected chi connectivity index (χ0v) is 8.08. The van der Waals surface area contributed by atoms with Crippen LogP contribution in [0.25, 0.3) is 0 Å². The molecule has 0 aliphatic rings. The van der Waals surface area contributed by atoms with Gasteiger partial charge < -0.3 is 10.2 Å². The fraction of sp³-hybridized carbons (Fsp3) is 0.800. The standard InChI is InChI=1S/C10H20O2/c1-9(6-7-11)4-3-5-10(2)8-12/h8-9,11-12H,3-7H2,1-2H3. The second-order valence-electron chi connectivity index (χ2n) is 3.49. The molecule has 0 heterocycles. The third kappa shape index (κ3) is 6.23. The molecule has 12 heavy (non-hydrogen) atoms. The van der Waals surface area contributed by atoms with Gasteiger partial charge in [-0.15, -0.1) is 0 Å². The second kappa shape index (κ2) is 7.17. The van der Waals surface area contributed by atoms with Crippen molar-refractivity contribution in [2.24, 2.45) is 5.92 Å². The Morgan fingerprint density at radius 3 is 2.58 bits per heavy atom. The molecule has 2 N–H and O–H groups in total. The molecular weight excluding hydrogens is 152 g/mol. The monoisotopic (exact) mass is 172 g/mol. The lowest BCUT2D eigenvalue weighted by Crippen LogP contribution is -1.97. The molecule has 0 fully saturated rings. The highest BCUT2D eigenvalue weighted by molar-refractivity contribution is 4.91. The Morgan fingerprint density at radius 1 is 1.42 bits per heavy atom. The summed E-state index contributed by atoms with van der Waals surface area (Å²) < 4.78 is 0. The van der Waals surface area contributed by atoms with Crippen LogP contribution in [0.15, 0.2) is 11.8 Å². The van der Waals surface area contributed by atoms with Crippen molar-refractivity contribution in [2.45, 2.75) is 39.5 Å². The number of hydrogen-bond acceptors (Lipinski definition) is 2. The first-order valence-electron chi connectivity index (χ1n) is 4.61. The molecular formula is C10H20O2. The Kier molecular flexibility index (Phi) is 6.87. The summed E-state index contributed by atoms with van der Waals surface area (Å²) in [5, 5.41) is 17.2. The van der Waals surface area contributed by atoms with Crippen molar-refractivity contribution in [3.05, 3.63) is 11.8 Å². The van der Waals surface area contributed by atoms with E-state index in [9.17, 15) is 0 Å². The zero-order chi connectivity index (χ0) is 9.40. The van der Waals surface area contributed by atoms with E-state index in [0.29, 0.717) is 5.92 Å². The topological polar surface area (TPSA) is 40.5 Å². The van der Waals surface area contributed by atoms with Crippen LogP contribution in [-0.4, -0.2) is 16.8 Å². The maximum atomic E-state index is 8.64. The Morgan fingerprint density at radius 2 is 2.08 bits per heavy atom. The molecule has 0 aliphatic carbocycles. The van der Waals surface area contributed by atoms with Crippen molar-refractivity contribution in [1.29, 1.82) is 0 Å². The third-order valence-corrected chi connectivity index (χ3v) is 2.11. The van der Waals surface area contributed by atoms with E-state index in [1.165, 1.54) is 6.26 Å². The van der Waals surface area contributed by atoms with Crippen molar-refractivity contribution in [2.75, 3.05) is 6.61 Å². The minimum atomic E-state index is 0.288. The van der Waals surface area contributed by atoms with Crippen molar-refractivity contribution in [1.82, 2.24) is 0 Å². The van der Waals surface area contributed by atoms with E-state index in [4.69, 9.17) is 10.2 Å². The molecule has 1 atom stereocenters. The van der Waals surface area contributed by atoms with Crippen LogP contribution in [0.2, 0.25) is 0 Å². The summed E-state index contributed by atoms with van der Waals surface area (Å²) in [6.45, 7) is 4.36. The molecule has 0 amide bonds. The van der Waals surface area contributed by atoms with Crippen LogP contribution in [-0.2, 0) is 0 Å². The van der Waals surface area contributed by atoms with Crippen LogP contribution < -0.4 is 0 Å². The van der Waals surface area contributed by atoms with E-state index in [1.54, 1.807) is 0 Å². The highest BCUT2D eigenvalue weighted by Gasteiger charge is 2.00. The van der Waals surface area contributed by atoms with Crippen LogP contribution in [0.3, 0.4) is 0 Å². The summed E-state index contributed by atoms with van der Waals surface area (Å²) in [6, 6.07) is 0. The van der Waals surface area contributed by atoms with Gasteiger partial charge in [0.15, 0.2) is 0 Å². The summed E-state index contributed by atoms with van der Waals surface area (Å²) in [4.78, 5) is 0. The summed E-state index contributed by atoms with van der Waals surface area (Å²) in [5.41, 5.74) is 1.03. The Bertz CT molecular complexity index is 130. The Labute approximate surface area is 74.9 Å². The highest BCUT2D eigenvalue weighted by Crippen LogP contribution is 2.13. The predicted molar refractivity (Wildman–Crippen MR) is 51.1 cm³/mol. The molecule has 2 nitrogen and oxygen atoms in total. The van der Waals surface area contributed by atoms with Crippen LogP contribution >= 0.6 is 0 Å². The number of aliphatic hydroxyl groups is 2. The lowest BCUT2D eigenvalue weighted by molar-refractivity contribution is 0.257. The van der Waals surface area contributed by atoms with Crippen molar-refractivity contribution < 1.29 is 10.2 Å². The third-order valence-electron chi connectivity index (χ3n) is 2.11. The summed E-state index contributed by atoms with van der Waals surface area (Å²) >= 11 is 0. The van der Waals surface area contributed by atoms with E-state index >= 15 is 0 Å². The lowest BCUT2D eigenvalue weighted by atomic mass is 9.99. The number of hydrogen-bond donors (Lipinski definition) is 2. The van der Waals surface area contributed by atoms with Gasteiger partial charge in [-0.1, -0.05) is 13.3 Å². The van der Waals surface area contributed by atoms with Gasteiger partial charge in [0.1, 0.15) is 0 Å². The van der Waals surface area contributed by atoms with Gasteiger partial charge >= 0.3 is 0 Å². The minimum absolute atomic E-state index is 0.288. The lowest BCUT2D eigenvalue weighted by Gasteiger charge is -2.08. The van der Waals surface area contributed by atoms with Gasteiger partial charge in [0.2, 0.25) is 0 Å². The zero-order valence-electron chi connectivity index (χ0n) is 8.08. The molecule has 2 heteroatoms.